The number of imidazole rings is 1. The minimum Gasteiger partial charge on any atom is -0.508 e. The molecule has 1 aliphatic rings. The molecule has 0 spiro atoms. The summed E-state index contributed by atoms with van der Waals surface area (Å²) in [5.74, 6) is -0.119. The van der Waals surface area contributed by atoms with Crippen LogP contribution < -0.4 is 5.32 Å². The van der Waals surface area contributed by atoms with E-state index >= 15 is 0 Å². The maximum atomic E-state index is 13.0. The van der Waals surface area contributed by atoms with Gasteiger partial charge in [-0.3, -0.25) is 4.21 Å². The molecule has 3 N–H and O–H groups in total. The van der Waals surface area contributed by atoms with Gasteiger partial charge in [-0.05, 0) is 36.4 Å². The highest BCUT2D eigenvalue weighted by Gasteiger charge is 2.43. The van der Waals surface area contributed by atoms with Crippen molar-refractivity contribution in [2.75, 3.05) is 6.54 Å². The van der Waals surface area contributed by atoms with Gasteiger partial charge in [0.1, 0.15) is 22.4 Å². The van der Waals surface area contributed by atoms with E-state index in [0.717, 1.165) is 11.0 Å². The van der Waals surface area contributed by atoms with Crippen LogP contribution in [0.4, 0.5) is 0 Å². The molecule has 0 bridgehead atoms. The fourth-order valence-electron chi connectivity index (χ4n) is 2.71. The van der Waals surface area contributed by atoms with E-state index in [9.17, 15) is 14.1 Å². The average molecular weight is 384 g/mol. The smallest absolute Gasteiger partial charge is 0.342 e. The summed E-state index contributed by atoms with van der Waals surface area (Å²) < 4.78 is 18.5. The number of aromatic amines is 1. The highest BCUT2D eigenvalue weighted by Crippen LogP contribution is 2.24. The molecule has 0 amide bonds. The lowest BCUT2D eigenvalue weighted by atomic mass is 10.2. The first kappa shape index (κ1) is 17.4. The van der Waals surface area contributed by atoms with E-state index in [0.29, 0.717) is 12.4 Å². The maximum absolute atomic E-state index is 13.0. The Morgan fingerprint density at radius 3 is 2.70 bits per heavy atom. The van der Waals surface area contributed by atoms with Crippen LogP contribution in [0.3, 0.4) is 0 Å². The number of phenols is 1. The van der Waals surface area contributed by atoms with Crippen LogP contribution in [0.2, 0.25) is 0 Å². The Bertz CT molecular complexity index is 1010. The number of ether oxygens (including phenoxy) is 1. The fraction of sp³-hybridized carbons (Fsp3) is 0.167. The highest BCUT2D eigenvalue weighted by atomic mass is 32.2. The number of fused-ring (bicyclic) bond motifs is 1. The highest BCUT2D eigenvalue weighted by molar-refractivity contribution is 7.85. The number of H-pyrrole nitrogens is 1. The molecule has 1 aromatic heterocycles. The summed E-state index contributed by atoms with van der Waals surface area (Å²) >= 11 is 0. The lowest BCUT2D eigenvalue weighted by Gasteiger charge is -2.25. The van der Waals surface area contributed by atoms with Crippen LogP contribution in [0.25, 0.3) is 11.0 Å². The van der Waals surface area contributed by atoms with E-state index in [1.807, 2.05) is 24.3 Å². The zero-order valence-electron chi connectivity index (χ0n) is 14.1. The number of carbonyl (C=O) groups excluding carboxylic acids is 1. The van der Waals surface area contributed by atoms with Crippen molar-refractivity contribution < 1.29 is 18.8 Å². The van der Waals surface area contributed by atoms with Gasteiger partial charge >= 0.3 is 11.2 Å². The van der Waals surface area contributed by atoms with Gasteiger partial charge in [0.2, 0.25) is 0 Å². The molecular formula is C18H16N4O4S. The SMILES string of the molecule is O=C(OC1(S(=O)Cc2nc3ccccc3[nH]2)N=CCN1)c1ccc(O)cc1. The monoisotopic (exact) mass is 384 g/mol. The lowest BCUT2D eigenvalue weighted by molar-refractivity contribution is 0.0141. The van der Waals surface area contributed by atoms with Crippen molar-refractivity contribution in [3.63, 3.8) is 0 Å². The van der Waals surface area contributed by atoms with Gasteiger partial charge in [0.05, 0.1) is 22.3 Å². The molecule has 0 aliphatic carbocycles. The molecule has 0 radical (unpaired) electrons. The minimum atomic E-state index is -1.73. The predicted molar refractivity (Wildman–Crippen MR) is 101 cm³/mol. The molecule has 27 heavy (non-hydrogen) atoms. The quantitative estimate of drug-likeness (QED) is 0.576. The second-order valence-electron chi connectivity index (χ2n) is 5.90. The number of nitrogens with one attached hydrogen (secondary N) is 2. The first-order valence-electron chi connectivity index (χ1n) is 8.19. The number of aliphatic imine (C=N–C) groups is 1. The van der Waals surface area contributed by atoms with Crippen LogP contribution in [-0.2, 0) is 21.3 Å². The molecule has 0 saturated carbocycles. The third-order valence-electron chi connectivity index (χ3n) is 4.03. The van der Waals surface area contributed by atoms with Crippen molar-refractivity contribution in [2.45, 2.75) is 10.9 Å². The second-order valence-corrected chi connectivity index (χ2v) is 7.43. The van der Waals surface area contributed by atoms with E-state index in [1.165, 1.54) is 30.5 Å². The molecule has 0 saturated heterocycles. The molecule has 138 valence electrons. The van der Waals surface area contributed by atoms with E-state index in [2.05, 4.69) is 20.3 Å². The Kier molecular flexibility index (Phi) is 4.46. The third kappa shape index (κ3) is 3.46. The Morgan fingerprint density at radius 2 is 2.00 bits per heavy atom. The van der Waals surface area contributed by atoms with Crippen LogP contribution in [0.15, 0.2) is 53.5 Å². The summed E-state index contributed by atoms with van der Waals surface area (Å²) in [6.45, 7) is 0.328. The Morgan fingerprint density at radius 1 is 1.22 bits per heavy atom. The number of para-hydroxylation sites is 2. The van der Waals surface area contributed by atoms with Gasteiger partial charge < -0.3 is 14.8 Å². The van der Waals surface area contributed by atoms with Crippen molar-refractivity contribution in [1.82, 2.24) is 15.3 Å². The fourth-order valence-corrected chi connectivity index (χ4v) is 3.90. The zero-order chi connectivity index (χ0) is 18.9. The van der Waals surface area contributed by atoms with Gasteiger partial charge in [-0.15, -0.1) is 0 Å². The summed E-state index contributed by atoms with van der Waals surface area (Å²) in [6, 6.07) is 13.1. The van der Waals surface area contributed by atoms with E-state index in [-0.39, 0.29) is 17.1 Å². The molecule has 2 heterocycles. The standard InChI is InChI=1S/C18H16N4O4S/c23-13-7-5-12(6-8-13)17(24)26-18(19-9-10-20-18)27(25)11-16-21-14-3-1-2-4-15(14)22-16/h1-9,20,23H,10-11H2,(H,21,22). The number of hydrogen-bond acceptors (Lipinski definition) is 7. The van der Waals surface area contributed by atoms with Crippen molar-refractivity contribution in [2.24, 2.45) is 4.99 Å². The van der Waals surface area contributed by atoms with Crippen LogP contribution in [0, 0.1) is 0 Å². The number of nitrogens with zero attached hydrogens (tertiary/aromatic N) is 2. The van der Waals surface area contributed by atoms with Gasteiger partial charge in [0.25, 0.3) is 0 Å². The lowest BCUT2D eigenvalue weighted by Crippen LogP contribution is -2.48. The zero-order valence-corrected chi connectivity index (χ0v) is 14.9. The molecule has 2 aromatic carbocycles. The van der Waals surface area contributed by atoms with E-state index < -0.39 is 21.9 Å². The number of aromatic hydroxyl groups is 1. The van der Waals surface area contributed by atoms with Crippen molar-refractivity contribution in [3.8, 4) is 5.75 Å². The molecule has 3 aromatic rings. The first-order valence-corrected chi connectivity index (χ1v) is 9.51. The van der Waals surface area contributed by atoms with Gasteiger partial charge in [-0.25, -0.2) is 20.1 Å². The molecule has 2 unspecified atom stereocenters. The molecular weight excluding hydrogens is 368 g/mol. The normalized spacial score (nSPS) is 20.0. The number of rotatable bonds is 5. The van der Waals surface area contributed by atoms with Crippen LogP contribution in [-0.4, -0.2) is 43.2 Å². The Balaban J connectivity index is 1.55. The molecule has 4 rings (SSSR count). The van der Waals surface area contributed by atoms with Crippen molar-refractivity contribution in [1.29, 1.82) is 0 Å². The van der Waals surface area contributed by atoms with Gasteiger partial charge in [-0.2, -0.15) is 0 Å². The summed E-state index contributed by atoms with van der Waals surface area (Å²) in [5, 5.41) is 10.5. The maximum Gasteiger partial charge on any atom is 0.342 e. The van der Waals surface area contributed by atoms with E-state index in [1.54, 1.807) is 0 Å². The number of aromatic nitrogens is 2. The summed E-state index contributed by atoms with van der Waals surface area (Å²) in [7, 11) is -1.73. The molecule has 9 heteroatoms. The first-order chi connectivity index (χ1) is 13.1. The topological polar surface area (TPSA) is 117 Å². The Hall–Kier alpha value is -3.04. The van der Waals surface area contributed by atoms with Gasteiger partial charge in [-0.1, -0.05) is 12.1 Å². The third-order valence-corrected chi connectivity index (χ3v) is 5.51. The number of hydrogen-bond donors (Lipinski definition) is 3. The number of carbonyl (C=O) groups is 1. The summed E-state index contributed by atoms with van der Waals surface area (Å²) in [5.41, 5.74) is 1.82. The largest absolute Gasteiger partial charge is 0.508 e. The molecule has 0 fully saturated rings. The van der Waals surface area contributed by atoms with Gasteiger partial charge in [0.15, 0.2) is 0 Å². The number of esters is 1. The second kappa shape index (κ2) is 6.93. The minimum absolute atomic E-state index is 0.0296. The molecule has 1 aliphatic heterocycles. The number of phenolic OH excluding ortho intramolecular Hbond substituents is 1. The summed E-state index contributed by atoms with van der Waals surface area (Å²) in [4.78, 5) is 24.1. The average Bonchev–Trinajstić information content (AvgIpc) is 3.29. The van der Waals surface area contributed by atoms with Crippen LogP contribution in [0.1, 0.15) is 16.2 Å². The van der Waals surface area contributed by atoms with Crippen molar-refractivity contribution in [3.05, 3.63) is 59.9 Å². The van der Waals surface area contributed by atoms with E-state index in [4.69, 9.17) is 4.74 Å². The summed E-state index contributed by atoms with van der Waals surface area (Å²) in [6.07, 6.45) is 1.51. The molecule has 8 nitrogen and oxygen atoms in total. The van der Waals surface area contributed by atoms with Crippen LogP contribution >= 0.6 is 0 Å². The molecule has 2 atom stereocenters. The van der Waals surface area contributed by atoms with Gasteiger partial charge in [0, 0.05) is 12.8 Å². The number of benzene rings is 2. The Labute approximate surface area is 156 Å². The predicted octanol–water partition coefficient (Wildman–Crippen LogP) is 1.66. The van der Waals surface area contributed by atoms with Crippen LogP contribution in [0.5, 0.6) is 5.75 Å². The van der Waals surface area contributed by atoms with Crippen molar-refractivity contribution >= 4 is 34.0 Å².